The highest BCUT2D eigenvalue weighted by Gasteiger charge is 2.43. The number of nitrogens with one attached hydrogen (secondary N) is 1. The van der Waals surface area contributed by atoms with Crippen molar-refractivity contribution >= 4 is 17.4 Å². The van der Waals surface area contributed by atoms with E-state index in [2.05, 4.69) is 47.9 Å². The summed E-state index contributed by atoms with van der Waals surface area (Å²) in [6.07, 6.45) is 7.86. The Morgan fingerprint density at radius 3 is 2.45 bits per heavy atom. The predicted molar refractivity (Wildman–Crippen MR) is 134 cm³/mol. The van der Waals surface area contributed by atoms with Crippen LogP contribution in [0.2, 0.25) is 0 Å². The molecule has 3 unspecified atom stereocenters. The molecule has 1 amide bonds. The first-order valence-corrected chi connectivity index (χ1v) is 12.6. The monoisotopic (exact) mass is 444 g/mol. The third-order valence-electron chi connectivity index (χ3n) is 8.24. The molecule has 0 spiro atoms. The average Bonchev–Trinajstić information content (AvgIpc) is 3.27. The summed E-state index contributed by atoms with van der Waals surface area (Å²) in [4.78, 5) is 18.9. The van der Waals surface area contributed by atoms with Crippen LogP contribution in [0.4, 0.5) is 5.69 Å². The van der Waals surface area contributed by atoms with Crippen LogP contribution in [0.3, 0.4) is 0 Å². The molecule has 5 heteroatoms. The summed E-state index contributed by atoms with van der Waals surface area (Å²) in [6.45, 7) is 4.75. The predicted octanol–water partition coefficient (Wildman–Crippen LogP) is 4.83. The van der Waals surface area contributed by atoms with Crippen LogP contribution in [0.1, 0.15) is 75.0 Å². The van der Waals surface area contributed by atoms with Crippen LogP contribution < -0.4 is 10.6 Å². The van der Waals surface area contributed by atoms with E-state index in [0.29, 0.717) is 30.1 Å². The molecule has 3 aliphatic rings. The largest absolute Gasteiger partial charge is 0.384 e. The number of amides is 1. The van der Waals surface area contributed by atoms with E-state index in [4.69, 9.17) is 11.1 Å². The number of nitrogens with zero attached hydrogens (tertiary/aromatic N) is 2. The van der Waals surface area contributed by atoms with Crippen molar-refractivity contribution in [3.05, 3.63) is 65.2 Å². The first-order chi connectivity index (χ1) is 15.9. The summed E-state index contributed by atoms with van der Waals surface area (Å²) in [5.41, 5.74) is 9.71. The van der Waals surface area contributed by atoms with Crippen molar-refractivity contribution < 1.29 is 4.79 Å². The van der Waals surface area contributed by atoms with Gasteiger partial charge in [0.25, 0.3) is 0 Å². The number of carbonyl (C=O) groups is 1. The Morgan fingerprint density at radius 1 is 0.970 bits per heavy atom. The van der Waals surface area contributed by atoms with E-state index in [-0.39, 0.29) is 23.7 Å². The number of rotatable bonds is 4. The van der Waals surface area contributed by atoms with Gasteiger partial charge in [0.1, 0.15) is 5.84 Å². The molecule has 2 aliphatic heterocycles. The minimum absolute atomic E-state index is 0.0424. The molecule has 2 fully saturated rings. The first-order valence-electron chi connectivity index (χ1n) is 12.6. The van der Waals surface area contributed by atoms with E-state index in [9.17, 15) is 4.79 Å². The number of hydrogen-bond acceptors (Lipinski definition) is 3. The lowest BCUT2D eigenvalue weighted by molar-refractivity contribution is -0.120. The first kappa shape index (κ1) is 22.1. The van der Waals surface area contributed by atoms with Gasteiger partial charge >= 0.3 is 0 Å². The van der Waals surface area contributed by atoms with E-state index in [0.717, 1.165) is 30.5 Å². The molecule has 5 nitrogen and oxygen atoms in total. The van der Waals surface area contributed by atoms with Crippen molar-refractivity contribution in [3.63, 3.8) is 0 Å². The Kier molecular flexibility index (Phi) is 6.00. The molecular formula is C28H36N4O. The number of para-hydroxylation sites is 1. The van der Waals surface area contributed by atoms with Crippen molar-refractivity contribution in [1.29, 1.82) is 5.41 Å². The van der Waals surface area contributed by atoms with Crippen LogP contribution in [-0.4, -0.2) is 40.8 Å². The van der Waals surface area contributed by atoms with Crippen molar-refractivity contribution in [2.24, 2.45) is 5.73 Å². The summed E-state index contributed by atoms with van der Waals surface area (Å²) in [5, 5.41) is 7.82. The molecule has 1 aliphatic carbocycles. The number of anilines is 1. The molecule has 0 radical (unpaired) electrons. The summed E-state index contributed by atoms with van der Waals surface area (Å²) in [5.74, 6) is 0.00616. The van der Waals surface area contributed by atoms with E-state index in [1.54, 1.807) is 0 Å². The second-order valence-corrected chi connectivity index (χ2v) is 10.3. The second-order valence-electron chi connectivity index (χ2n) is 10.3. The van der Waals surface area contributed by atoms with Gasteiger partial charge in [-0.3, -0.25) is 15.1 Å². The summed E-state index contributed by atoms with van der Waals surface area (Å²) >= 11 is 0. The lowest BCUT2D eigenvalue weighted by Gasteiger charge is -2.44. The van der Waals surface area contributed by atoms with Crippen LogP contribution in [-0.2, 0) is 11.2 Å². The Morgan fingerprint density at radius 2 is 1.70 bits per heavy atom. The maximum atomic E-state index is 14.0. The second kappa shape index (κ2) is 8.94. The SMILES string of the molecule is C[C@@H]1CCC[C@H](C)N1C1CCC(N2C(=O)C(c3cccc(C(=N)N)c3)Cc3ccccc32)C1. The number of fused-ring (bicyclic) bond motifs is 1. The number of hydrogen-bond donors (Lipinski definition) is 2. The number of nitrogens with two attached hydrogens (primary N) is 1. The molecule has 33 heavy (non-hydrogen) atoms. The van der Waals surface area contributed by atoms with E-state index in [1.165, 1.54) is 24.8 Å². The molecule has 0 aromatic heterocycles. The highest BCUT2D eigenvalue weighted by atomic mass is 16.2. The third-order valence-corrected chi connectivity index (χ3v) is 8.24. The molecule has 2 aromatic carbocycles. The summed E-state index contributed by atoms with van der Waals surface area (Å²) in [6, 6.07) is 18.1. The molecule has 5 rings (SSSR count). The third kappa shape index (κ3) is 4.08. The number of piperidine rings is 1. The minimum Gasteiger partial charge on any atom is -0.384 e. The lowest BCUT2D eigenvalue weighted by atomic mass is 9.84. The topological polar surface area (TPSA) is 73.4 Å². The smallest absolute Gasteiger partial charge is 0.235 e. The zero-order chi connectivity index (χ0) is 23.1. The van der Waals surface area contributed by atoms with Gasteiger partial charge in [0.05, 0.1) is 5.92 Å². The van der Waals surface area contributed by atoms with Crippen molar-refractivity contribution in [1.82, 2.24) is 4.90 Å². The molecule has 1 saturated carbocycles. The van der Waals surface area contributed by atoms with Crippen LogP contribution in [0, 0.1) is 5.41 Å². The van der Waals surface area contributed by atoms with Crippen molar-refractivity contribution in [3.8, 4) is 0 Å². The number of likely N-dealkylation sites (tertiary alicyclic amines) is 1. The van der Waals surface area contributed by atoms with Crippen LogP contribution in [0.25, 0.3) is 0 Å². The Labute approximate surface area is 197 Å². The fraction of sp³-hybridized carbons (Fsp3) is 0.500. The van der Waals surface area contributed by atoms with Gasteiger partial charge in [0.15, 0.2) is 0 Å². The van der Waals surface area contributed by atoms with Crippen molar-refractivity contribution in [2.45, 2.75) is 88.9 Å². The Hall–Kier alpha value is -2.66. The van der Waals surface area contributed by atoms with Crippen LogP contribution >= 0.6 is 0 Å². The van der Waals surface area contributed by atoms with Gasteiger partial charge in [-0.05, 0) is 75.6 Å². The maximum Gasteiger partial charge on any atom is 0.235 e. The summed E-state index contributed by atoms with van der Waals surface area (Å²) < 4.78 is 0. The molecule has 2 aromatic rings. The quantitative estimate of drug-likeness (QED) is 0.524. The van der Waals surface area contributed by atoms with Gasteiger partial charge in [-0.15, -0.1) is 0 Å². The fourth-order valence-corrected chi connectivity index (χ4v) is 6.67. The van der Waals surface area contributed by atoms with Crippen molar-refractivity contribution in [2.75, 3.05) is 4.90 Å². The van der Waals surface area contributed by atoms with Gasteiger partial charge in [-0.2, -0.15) is 0 Å². The number of benzene rings is 2. The Balaban J connectivity index is 1.45. The average molecular weight is 445 g/mol. The van der Waals surface area contributed by atoms with Gasteiger partial charge in [0, 0.05) is 35.4 Å². The van der Waals surface area contributed by atoms with Gasteiger partial charge in [-0.25, -0.2) is 0 Å². The minimum atomic E-state index is -0.230. The lowest BCUT2D eigenvalue weighted by Crippen LogP contribution is -2.50. The van der Waals surface area contributed by atoms with Crippen LogP contribution in [0.15, 0.2) is 48.5 Å². The van der Waals surface area contributed by atoms with E-state index in [1.807, 2.05) is 24.3 Å². The van der Waals surface area contributed by atoms with Gasteiger partial charge < -0.3 is 10.6 Å². The van der Waals surface area contributed by atoms with E-state index >= 15 is 0 Å². The fourth-order valence-electron chi connectivity index (χ4n) is 6.67. The van der Waals surface area contributed by atoms with Gasteiger partial charge in [-0.1, -0.05) is 42.8 Å². The molecule has 2 heterocycles. The van der Waals surface area contributed by atoms with E-state index < -0.39 is 0 Å². The molecule has 0 bridgehead atoms. The summed E-state index contributed by atoms with van der Waals surface area (Å²) in [7, 11) is 0. The van der Waals surface area contributed by atoms with Crippen LogP contribution in [0.5, 0.6) is 0 Å². The Bertz CT molecular complexity index is 1040. The standard InChI is InChI=1S/C28H36N4O/c1-18-7-5-8-19(2)31(18)23-13-14-24(17-23)32-26-12-4-3-9-21(26)16-25(28(32)33)20-10-6-11-22(15-20)27(29)30/h3-4,6,9-12,15,18-19,23-25H,5,7-8,13-14,16-17H2,1-2H3,(H3,29,30)/t18-,19+,23?,24?,25?. The molecule has 3 N–H and O–H groups in total. The molecule has 1 saturated heterocycles. The number of amidine groups is 1. The number of carbonyl (C=O) groups excluding carboxylic acids is 1. The highest BCUT2D eigenvalue weighted by Crippen LogP contribution is 2.42. The zero-order valence-electron chi connectivity index (χ0n) is 19.8. The number of nitrogen functional groups attached to an aromatic ring is 1. The normalized spacial score (nSPS) is 30.3. The molecule has 5 atom stereocenters. The van der Waals surface area contributed by atoms with Gasteiger partial charge in [0.2, 0.25) is 5.91 Å². The molecule has 174 valence electrons. The molecular weight excluding hydrogens is 408 g/mol. The maximum absolute atomic E-state index is 14.0. The highest BCUT2D eigenvalue weighted by molar-refractivity contribution is 6.02. The zero-order valence-corrected chi connectivity index (χ0v) is 19.8.